The van der Waals surface area contributed by atoms with Gasteiger partial charge in [0.05, 0.1) is 22.4 Å². The molecule has 1 aliphatic heterocycles. The summed E-state index contributed by atoms with van der Waals surface area (Å²) in [6, 6.07) is 71.6. The van der Waals surface area contributed by atoms with E-state index in [1.807, 2.05) is 0 Å². The van der Waals surface area contributed by atoms with Gasteiger partial charge in [-0.2, -0.15) is 0 Å². The zero-order valence-electron chi connectivity index (χ0n) is 34.1. The van der Waals surface area contributed by atoms with Gasteiger partial charge in [-0.25, -0.2) is 0 Å². The summed E-state index contributed by atoms with van der Waals surface area (Å²) in [6.45, 7) is 4.65. The van der Waals surface area contributed by atoms with Gasteiger partial charge >= 0.3 is 0 Å². The number of nitrogens with zero attached hydrogens (tertiary/aromatic N) is 2. The van der Waals surface area contributed by atoms with Gasteiger partial charge in [0.1, 0.15) is 0 Å². The van der Waals surface area contributed by atoms with Crippen LogP contribution in [-0.2, 0) is 0 Å². The largest absolute Gasteiger partial charge is 0.309 e. The van der Waals surface area contributed by atoms with Crippen LogP contribution in [-0.4, -0.2) is 10.3 Å². The smallest absolute Gasteiger partial charge is 0.0695 e. The summed E-state index contributed by atoms with van der Waals surface area (Å²) in [5.41, 5.74) is 13.5. The second-order valence-electron chi connectivity index (χ2n) is 16.5. The molecule has 1 aliphatic rings. The summed E-state index contributed by atoms with van der Waals surface area (Å²) >= 11 is 0. The van der Waals surface area contributed by atoms with Gasteiger partial charge in [-0.15, -0.1) is 0 Å². The van der Waals surface area contributed by atoms with Crippen molar-refractivity contribution in [1.82, 2.24) is 4.57 Å². The van der Waals surface area contributed by atoms with Crippen LogP contribution >= 0.6 is 0 Å². The molecule has 9 aromatic carbocycles. The summed E-state index contributed by atoms with van der Waals surface area (Å²) in [7, 11) is 0. The van der Waals surface area contributed by atoms with Crippen molar-refractivity contribution in [1.29, 1.82) is 0 Å². The molecule has 0 aliphatic carbocycles. The molecule has 0 radical (unpaired) electrons. The standard InChI is InChI=1S/C58H46N2/c1-3-44-45(39-18-7-4-8-19-39)33-30-38(2)57(59-58(44)40-20-9-5-10-21-40)42-31-34-49-47-24-13-14-25-48(47)51-28-17-27-46(56(51)53(49)37-42)41-32-35-55-52(36-41)50-26-15-16-29-54(50)60(55)43-22-11-6-12-23-43/h4-29,31-32,34-37,44-45H,3,30,33H2,1-2H3/b57-38+,59-58?. The quantitative estimate of drug-likeness (QED) is 0.150. The average molecular weight is 771 g/mol. The Morgan fingerprint density at radius 3 is 1.87 bits per heavy atom. The lowest BCUT2D eigenvalue weighted by molar-refractivity contribution is 0.486. The van der Waals surface area contributed by atoms with Crippen LogP contribution in [0.15, 0.2) is 205 Å². The molecule has 0 saturated heterocycles. The van der Waals surface area contributed by atoms with Crippen LogP contribution in [0, 0.1) is 5.92 Å². The second-order valence-corrected chi connectivity index (χ2v) is 16.5. The molecule has 0 spiro atoms. The number of benzene rings is 9. The Bertz CT molecular complexity index is 3300. The van der Waals surface area contributed by atoms with Gasteiger partial charge in [-0.3, -0.25) is 4.99 Å². The molecule has 60 heavy (non-hydrogen) atoms. The fourth-order valence-corrected chi connectivity index (χ4v) is 10.3. The highest BCUT2D eigenvalue weighted by Crippen LogP contribution is 2.45. The molecular formula is C58H46N2. The van der Waals surface area contributed by atoms with Crippen LogP contribution in [0.3, 0.4) is 0 Å². The first kappa shape index (κ1) is 36.1. The normalized spacial score (nSPS) is 17.3. The van der Waals surface area contributed by atoms with E-state index in [1.165, 1.54) is 98.9 Å². The molecule has 0 bridgehead atoms. The minimum atomic E-state index is 0.289. The van der Waals surface area contributed by atoms with E-state index in [2.05, 4.69) is 213 Å². The number of rotatable bonds is 6. The molecule has 2 heterocycles. The van der Waals surface area contributed by atoms with Gasteiger partial charge in [0.15, 0.2) is 0 Å². The third-order valence-electron chi connectivity index (χ3n) is 13.2. The van der Waals surface area contributed by atoms with Gasteiger partial charge in [-0.05, 0) is 129 Å². The predicted octanol–water partition coefficient (Wildman–Crippen LogP) is 15.7. The molecule has 0 amide bonds. The highest BCUT2D eigenvalue weighted by molar-refractivity contribution is 6.29. The molecule has 10 aromatic rings. The Balaban J connectivity index is 1.15. The lowest BCUT2D eigenvalue weighted by Gasteiger charge is -2.31. The van der Waals surface area contributed by atoms with E-state index in [9.17, 15) is 0 Å². The number of aliphatic imine (C=N–C) groups is 1. The average Bonchev–Trinajstić information content (AvgIpc) is 3.64. The van der Waals surface area contributed by atoms with Crippen LogP contribution in [0.1, 0.15) is 55.7 Å². The van der Waals surface area contributed by atoms with E-state index in [4.69, 9.17) is 4.99 Å². The second kappa shape index (κ2) is 15.0. The lowest BCUT2D eigenvalue weighted by atomic mass is 9.75. The Hall–Kier alpha value is -7.03. The van der Waals surface area contributed by atoms with Crippen molar-refractivity contribution in [2.24, 2.45) is 10.9 Å². The van der Waals surface area contributed by atoms with E-state index in [0.29, 0.717) is 5.92 Å². The summed E-state index contributed by atoms with van der Waals surface area (Å²) in [5.74, 6) is 0.678. The van der Waals surface area contributed by atoms with E-state index < -0.39 is 0 Å². The van der Waals surface area contributed by atoms with Gasteiger partial charge in [0.2, 0.25) is 0 Å². The first-order valence-electron chi connectivity index (χ1n) is 21.5. The van der Waals surface area contributed by atoms with Gasteiger partial charge in [-0.1, -0.05) is 165 Å². The van der Waals surface area contributed by atoms with E-state index in [-0.39, 0.29) is 5.92 Å². The third kappa shape index (κ3) is 5.97. The molecule has 1 aromatic heterocycles. The molecule has 0 N–H and O–H groups in total. The van der Waals surface area contributed by atoms with Crippen molar-refractivity contribution in [2.45, 2.75) is 39.0 Å². The van der Waals surface area contributed by atoms with Crippen molar-refractivity contribution < 1.29 is 0 Å². The fraction of sp³-hybridized carbons (Fsp3) is 0.121. The van der Waals surface area contributed by atoms with E-state index in [1.54, 1.807) is 0 Å². The highest BCUT2D eigenvalue weighted by Gasteiger charge is 2.30. The molecule has 0 saturated carbocycles. The van der Waals surface area contributed by atoms with Crippen LogP contribution in [0.2, 0.25) is 0 Å². The van der Waals surface area contributed by atoms with E-state index in [0.717, 1.165) is 25.0 Å². The Labute approximate surface area is 351 Å². The maximum absolute atomic E-state index is 5.80. The highest BCUT2D eigenvalue weighted by atomic mass is 15.0. The van der Waals surface area contributed by atoms with Crippen LogP contribution < -0.4 is 0 Å². The number of hydrogen-bond acceptors (Lipinski definition) is 1. The van der Waals surface area contributed by atoms with Crippen molar-refractivity contribution in [3.05, 3.63) is 216 Å². The molecule has 0 fully saturated rings. The zero-order valence-corrected chi connectivity index (χ0v) is 34.1. The topological polar surface area (TPSA) is 17.3 Å². The number of para-hydroxylation sites is 2. The summed E-state index contributed by atoms with van der Waals surface area (Å²) < 4.78 is 2.40. The zero-order chi connectivity index (χ0) is 40.2. The maximum Gasteiger partial charge on any atom is 0.0695 e. The molecular weight excluding hydrogens is 725 g/mol. The summed E-state index contributed by atoms with van der Waals surface area (Å²) in [5, 5.41) is 10.2. The molecule has 2 unspecified atom stereocenters. The number of aromatic nitrogens is 1. The Morgan fingerprint density at radius 2 is 1.10 bits per heavy atom. The van der Waals surface area contributed by atoms with Crippen molar-refractivity contribution >= 4 is 65.5 Å². The third-order valence-corrected chi connectivity index (χ3v) is 13.2. The van der Waals surface area contributed by atoms with Gasteiger partial charge in [0, 0.05) is 27.9 Å². The number of hydrogen-bond donors (Lipinski definition) is 0. The number of allylic oxidation sites excluding steroid dienone is 1. The van der Waals surface area contributed by atoms with Crippen molar-refractivity contribution in [2.75, 3.05) is 0 Å². The minimum Gasteiger partial charge on any atom is -0.309 e. The maximum atomic E-state index is 5.80. The lowest BCUT2D eigenvalue weighted by Crippen LogP contribution is -2.25. The first-order chi connectivity index (χ1) is 29.7. The summed E-state index contributed by atoms with van der Waals surface area (Å²) in [6.07, 6.45) is 3.10. The van der Waals surface area contributed by atoms with Crippen molar-refractivity contribution in [3.63, 3.8) is 0 Å². The molecule has 2 nitrogen and oxygen atoms in total. The Morgan fingerprint density at radius 1 is 0.500 bits per heavy atom. The fourth-order valence-electron chi connectivity index (χ4n) is 10.3. The first-order valence-corrected chi connectivity index (χ1v) is 21.5. The summed E-state index contributed by atoms with van der Waals surface area (Å²) in [4.78, 5) is 5.80. The van der Waals surface area contributed by atoms with Gasteiger partial charge in [0.25, 0.3) is 0 Å². The molecule has 11 rings (SSSR count). The van der Waals surface area contributed by atoms with Crippen LogP contribution in [0.25, 0.3) is 76.6 Å². The molecule has 2 atom stereocenters. The Kier molecular flexibility index (Phi) is 9.00. The predicted molar refractivity (Wildman–Crippen MR) is 257 cm³/mol. The van der Waals surface area contributed by atoms with Crippen LogP contribution in [0.4, 0.5) is 0 Å². The van der Waals surface area contributed by atoms with E-state index >= 15 is 0 Å². The van der Waals surface area contributed by atoms with Gasteiger partial charge < -0.3 is 4.57 Å². The minimum absolute atomic E-state index is 0.289. The molecule has 2 heteroatoms. The SMILES string of the molecule is CCC1C(c2ccccc2)=N/C(c2ccc3c4ccccc4c4cccc(-c5ccc6c(c5)c5ccccc5n6-c5ccccc5)c4c3c2)=C(\C)CCC1c1ccccc1. The molecule has 288 valence electrons. The number of fused-ring (bicyclic) bond motifs is 9. The van der Waals surface area contributed by atoms with Crippen molar-refractivity contribution in [3.8, 4) is 16.8 Å². The monoisotopic (exact) mass is 770 g/mol. The van der Waals surface area contributed by atoms with Crippen LogP contribution in [0.5, 0.6) is 0 Å².